The van der Waals surface area contributed by atoms with E-state index in [9.17, 15) is 0 Å². The highest BCUT2D eigenvalue weighted by Gasteiger charge is 2.19. The van der Waals surface area contributed by atoms with Crippen molar-refractivity contribution in [3.63, 3.8) is 0 Å². The van der Waals surface area contributed by atoms with Gasteiger partial charge in [0.15, 0.2) is 0 Å². The van der Waals surface area contributed by atoms with Crippen molar-refractivity contribution >= 4 is 0 Å². The van der Waals surface area contributed by atoms with E-state index in [4.69, 9.17) is 0 Å². The molecule has 0 aliphatic heterocycles. The highest BCUT2D eigenvalue weighted by atomic mass is 14.2. The third kappa shape index (κ3) is 4.96. The van der Waals surface area contributed by atoms with Gasteiger partial charge in [-0.25, -0.2) is 0 Å². The van der Waals surface area contributed by atoms with Crippen LogP contribution in [0.4, 0.5) is 0 Å². The highest BCUT2D eigenvalue weighted by Crippen LogP contribution is 2.33. The lowest BCUT2D eigenvalue weighted by Gasteiger charge is -2.26. The molecule has 2 saturated carbocycles. The fraction of sp³-hybridized carbons (Fsp3) is 0.700. The quantitative estimate of drug-likeness (QED) is 0.497. The summed E-state index contributed by atoms with van der Waals surface area (Å²) < 4.78 is 0. The van der Waals surface area contributed by atoms with Crippen LogP contribution in [0.25, 0.3) is 0 Å². The zero-order valence-electron chi connectivity index (χ0n) is 13.1. The van der Waals surface area contributed by atoms with Gasteiger partial charge in [0.2, 0.25) is 0 Å². The SMILES string of the molecule is C=C[C@H]1CC[C@H](C=CCC[C@H]2CC[C@H](C=C)CC2)CC1. The van der Waals surface area contributed by atoms with Crippen LogP contribution in [-0.4, -0.2) is 0 Å². The molecule has 2 fully saturated rings. The van der Waals surface area contributed by atoms with E-state index < -0.39 is 0 Å². The Bertz CT molecular complexity index is 309. The van der Waals surface area contributed by atoms with E-state index in [0.29, 0.717) is 0 Å². The Labute approximate surface area is 126 Å². The molecule has 0 aromatic carbocycles. The third-order valence-corrected chi connectivity index (χ3v) is 5.52. The lowest BCUT2D eigenvalue weighted by atomic mass is 9.79. The molecule has 0 N–H and O–H groups in total. The lowest BCUT2D eigenvalue weighted by molar-refractivity contribution is 0.297. The Balaban J connectivity index is 1.58. The Hall–Kier alpha value is -0.780. The first-order valence-corrected chi connectivity index (χ1v) is 8.73. The van der Waals surface area contributed by atoms with E-state index in [1.807, 2.05) is 0 Å². The Morgan fingerprint density at radius 2 is 1.20 bits per heavy atom. The average Bonchev–Trinajstić information content (AvgIpc) is 2.53. The maximum atomic E-state index is 3.93. The molecular formula is C20H32. The molecule has 0 atom stereocenters. The predicted octanol–water partition coefficient (Wildman–Crippen LogP) is 6.31. The molecule has 0 heteroatoms. The van der Waals surface area contributed by atoms with Gasteiger partial charge in [0, 0.05) is 0 Å². The van der Waals surface area contributed by atoms with Gasteiger partial charge in [0.05, 0.1) is 0 Å². The first kappa shape index (κ1) is 15.6. The second-order valence-electron chi connectivity index (χ2n) is 6.93. The first-order chi connectivity index (χ1) is 9.81. The fourth-order valence-corrected chi connectivity index (χ4v) is 3.91. The van der Waals surface area contributed by atoms with Gasteiger partial charge < -0.3 is 0 Å². The minimum Gasteiger partial charge on any atom is -0.103 e. The topological polar surface area (TPSA) is 0 Å². The molecule has 2 rings (SSSR count). The number of hydrogen-bond donors (Lipinski definition) is 0. The lowest BCUT2D eigenvalue weighted by Crippen LogP contribution is -2.12. The van der Waals surface area contributed by atoms with Crippen LogP contribution in [0.2, 0.25) is 0 Å². The monoisotopic (exact) mass is 272 g/mol. The summed E-state index contributed by atoms with van der Waals surface area (Å²) in [5.74, 6) is 3.43. The summed E-state index contributed by atoms with van der Waals surface area (Å²) in [5, 5.41) is 0. The fourth-order valence-electron chi connectivity index (χ4n) is 3.91. The van der Waals surface area contributed by atoms with Crippen LogP contribution in [0.3, 0.4) is 0 Å². The molecule has 2 aliphatic carbocycles. The largest absolute Gasteiger partial charge is 0.103 e. The van der Waals surface area contributed by atoms with E-state index >= 15 is 0 Å². The summed E-state index contributed by atoms with van der Waals surface area (Å²) in [6.07, 6.45) is 23.1. The molecule has 0 saturated heterocycles. The van der Waals surface area contributed by atoms with Crippen LogP contribution in [0, 0.1) is 23.7 Å². The van der Waals surface area contributed by atoms with Gasteiger partial charge in [0.25, 0.3) is 0 Å². The molecule has 0 bridgehead atoms. The summed E-state index contributed by atoms with van der Waals surface area (Å²) in [6.45, 7) is 7.85. The molecule has 0 heterocycles. The van der Waals surface area contributed by atoms with Gasteiger partial charge in [-0.3, -0.25) is 0 Å². The van der Waals surface area contributed by atoms with E-state index in [0.717, 1.165) is 23.7 Å². The van der Waals surface area contributed by atoms with E-state index in [1.165, 1.54) is 64.2 Å². The zero-order chi connectivity index (χ0) is 14.2. The van der Waals surface area contributed by atoms with Crippen molar-refractivity contribution in [1.29, 1.82) is 0 Å². The highest BCUT2D eigenvalue weighted by molar-refractivity contribution is 4.94. The maximum Gasteiger partial charge on any atom is -0.0233 e. The summed E-state index contributed by atoms with van der Waals surface area (Å²) in [6, 6.07) is 0. The molecule has 0 unspecified atom stereocenters. The molecule has 0 aromatic rings. The van der Waals surface area contributed by atoms with Crippen molar-refractivity contribution in [2.24, 2.45) is 23.7 Å². The van der Waals surface area contributed by atoms with Crippen LogP contribution in [0.5, 0.6) is 0 Å². The number of allylic oxidation sites excluding steroid dienone is 4. The zero-order valence-corrected chi connectivity index (χ0v) is 13.1. The van der Waals surface area contributed by atoms with Gasteiger partial charge in [-0.05, 0) is 87.9 Å². The molecule has 0 amide bonds. The molecule has 20 heavy (non-hydrogen) atoms. The van der Waals surface area contributed by atoms with Crippen molar-refractivity contribution < 1.29 is 0 Å². The van der Waals surface area contributed by atoms with E-state index in [1.54, 1.807) is 0 Å². The second kappa shape index (κ2) is 8.49. The Morgan fingerprint density at radius 3 is 1.75 bits per heavy atom. The molecule has 0 spiro atoms. The molecule has 0 nitrogen and oxygen atoms in total. The molecule has 0 radical (unpaired) electrons. The van der Waals surface area contributed by atoms with Crippen molar-refractivity contribution in [3.05, 3.63) is 37.5 Å². The number of rotatable bonds is 6. The normalized spacial score (nSPS) is 35.0. The molecule has 2 aliphatic rings. The minimum absolute atomic E-state index is 0.791. The van der Waals surface area contributed by atoms with Gasteiger partial charge in [-0.2, -0.15) is 0 Å². The van der Waals surface area contributed by atoms with Gasteiger partial charge >= 0.3 is 0 Å². The first-order valence-electron chi connectivity index (χ1n) is 8.73. The predicted molar refractivity (Wildman–Crippen MR) is 89.7 cm³/mol. The maximum absolute atomic E-state index is 3.93. The molecule has 0 aromatic heterocycles. The summed E-state index contributed by atoms with van der Waals surface area (Å²) in [5.41, 5.74) is 0. The van der Waals surface area contributed by atoms with Gasteiger partial charge in [0.1, 0.15) is 0 Å². The average molecular weight is 272 g/mol. The van der Waals surface area contributed by atoms with Crippen LogP contribution in [-0.2, 0) is 0 Å². The standard InChI is InChI=1S/C20H32/c1-3-17-9-13-19(14-10-17)7-5-6-8-20-15-11-18(4-2)12-16-20/h3-5,7,17-20H,1-2,6,8-16H2/t17-,18-,19-,20-. The van der Waals surface area contributed by atoms with Crippen LogP contribution in [0.15, 0.2) is 37.5 Å². The van der Waals surface area contributed by atoms with Crippen LogP contribution < -0.4 is 0 Å². The smallest absolute Gasteiger partial charge is 0.0233 e. The molecular weight excluding hydrogens is 240 g/mol. The van der Waals surface area contributed by atoms with E-state index in [2.05, 4.69) is 37.5 Å². The number of hydrogen-bond acceptors (Lipinski definition) is 0. The van der Waals surface area contributed by atoms with Crippen molar-refractivity contribution in [1.82, 2.24) is 0 Å². The van der Waals surface area contributed by atoms with Crippen LogP contribution in [0.1, 0.15) is 64.2 Å². The molecule has 112 valence electrons. The summed E-state index contributed by atoms with van der Waals surface area (Å²) >= 11 is 0. The second-order valence-corrected chi connectivity index (χ2v) is 6.93. The van der Waals surface area contributed by atoms with Crippen molar-refractivity contribution in [3.8, 4) is 0 Å². The van der Waals surface area contributed by atoms with Gasteiger partial charge in [-0.15, -0.1) is 13.2 Å². The van der Waals surface area contributed by atoms with Gasteiger partial charge in [-0.1, -0.05) is 24.3 Å². The third-order valence-electron chi connectivity index (χ3n) is 5.52. The van der Waals surface area contributed by atoms with Crippen molar-refractivity contribution in [2.75, 3.05) is 0 Å². The van der Waals surface area contributed by atoms with Crippen LogP contribution >= 0.6 is 0 Å². The minimum atomic E-state index is 0.791. The van der Waals surface area contributed by atoms with Crippen molar-refractivity contribution in [2.45, 2.75) is 64.2 Å². The van der Waals surface area contributed by atoms with E-state index in [-0.39, 0.29) is 0 Å². The summed E-state index contributed by atoms with van der Waals surface area (Å²) in [4.78, 5) is 0. The Kier molecular flexibility index (Phi) is 6.63. The summed E-state index contributed by atoms with van der Waals surface area (Å²) in [7, 11) is 0. The Morgan fingerprint density at radius 1 is 0.700 bits per heavy atom.